The van der Waals surface area contributed by atoms with Crippen molar-refractivity contribution in [2.75, 3.05) is 6.61 Å². The van der Waals surface area contributed by atoms with E-state index in [1.54, 1.807) is 12.1 Å². The van der Waals surface area contributed by atoms with Gasteiger partial charge in [0.1, 0.15) is 6.61 Å². The van der Waals surface area contributed by atoms with E-state index in [9.17, 15) is 4.79 Å². The van der Waals surface area contributed by atoms with Gasteiger partial charge in [-0.3, -0.25) is 0 Å². The van der Waals surface area contributed by atoms with Gasteiger partial charge in [0, 0.05) is 5.41 Å². The van der Waals surface area contributed by atoms with Gasteiger partial charge in [0.25, 0.3) is 0 Å². The van der Waals surface area contributed by atoms with Crippen LogP contribution in [0.15, 0.2) is 24.3 Å². The lowest BCUT2D eigenvalue weighted by atomic mass is 9.80. The first-order chi connectivity index (χ1) is 8.03. The van der Waals surface area contributed by atoms with Crippen LogP contribution in [0.3, 0.4) is 0 Å². The molecule has 2 rings (SSSR count). The highest BCUT2D eigenvalue weighted by atomic mass is 35.5. The molecule has 1 saturated heterocycles. The van der Waals surface area contributed by atoms with Crippen molar-refractivity contribution >= 4 is 18.5 Å². The molecule has 96 valence electrons. The van der Waals surface area contributed by atoms with Crippen LogP contribution in [0.25, 0.3) is 0 Å². The fourth-order valence-corrected chi connectivity index (χ4v) is 2.01. The maximum atomic E-state index is 11.3. The van der Waals surface area contributed by atoms with Crippen LogP contribution < -0.4 is 5.32 Å². The fraction of sp³-hybridized carbons (Fsp3) is 0.385. The van der Waals surface area contributed by atoms with Crippen molar-refractivity contribution in [3.63, 3.8) is 0 Å². The number of ether oxygens (including phenoxy) is 1. The number of carbonyl (C=O) groups excluding carboxylic acids is 1. The molecule has 1 aromatic rings. The second-order valence-corrected chi connectivity index (χ2v) is 4.88. The summed E-state index contributed by atoms with van der Waals surface area (Å²) in [7, 11) is 0. The Labute approximate surface area is 112 Å². The van der Waals surface area contributed by atoms with Crippen molar-refractivity contribution in [3.8, 4) is 6.07 Å². The lowest BCUT2D eigenvalue weighted by Crippen LogP contribution is -2.46. The third-order valence-corrected chi connectivity index (χ3v) is 2.97. The summed E-state index contributed by atoms with van der Waals surface area (Å²) in [6.45, 7) is 4.42. The lowest BCUT2D eigenvalue weighted by Gasteiger charge is -2.38. The van der Waals surface area contributed by atoms with Crippen molar-refractivity contribution in [1.82, 2.24) is 5.32 Å². The van der Waals surface area contributed by atoms with E-state index in [4.69, 9.17) is 10.00 Å². The molecule has 1 aliphatic heterocycles. The van der Waals surface area contributed by atoms with Crippen LogP contribution in [0.5, 0.6) is 0 Å². The Hall–Kier alpha value is -1.73. The molecule has 0 unspecified atom stereocenters. The Morgan fingerprint density at radius 3 is 2.89 bits per heavy atom. The maximum absolute atomic E-state index is 11.3. The van der Waals surface area contributed by atoms with Gasteiger partial charge in [-0.2, -0.15) is 5.26 Å². The van der Waals surface area contributed by atoms with E-state index < -0.39 is 6.09 Å². The molecule has 0 saturated carbocycles. The molecular weight excluding hydrogens is 252 g/mol. The van der Waals surface area contributed by atoms with E-state index >= 15 is 0 Å². The SMILES string of the molecule is CC1(C)COC(=O)N[C@H]1c1cccc(C#N)c1.Cl. The second kappa shape index (κ2) is 5.28. The van der Waals surface area contributed by atoms with Gasteiger partial charge in [-0.15, -0.1) is 12.4 Å². The van der Waals surface area contributed by atoms with E-state index in [2.05, 4.69) is 11.4 Å². The number of cyclic esters (lactones) is 1. The minimum absolute atomic E-state index is 0. The van der Waals surface area contributed by atoms with Gasteiger partial charge in [-0.1, -0.05) is 26.0 Å². The topological polar surface area (TPSA) is 62.1 Å². The van der Waals surface area contributed by atoms with Crippen molar-refractivity contribution in [2.24, 2.45) is 5.41 Å². The minimum atomic E-state index is -0.406. The Morgan fingerprint density at radius 1 is 1.50 bits per heavy atom. The van der Waals surface area contributed by atoms with Crippen molar-refractivity contribution in [2.45, 2.75) is 19.9 Å². The van der Waals surface area contributed by atoms with Crippen LogP contribution in [0.1, 0.15) is 31.0 Å². The van der Waals surface area contributed by atoms with Crippen LogP contribution in [0.4, 0.5) is 4.79 Å². The predicted molar refractivity (Wildman–Crippen MR) is 69.4 cm³/mol. The molecule has 5 heteroatoms. The number of hydrogen-bond acceptors (Lipinski definition) is 3. The van der Waals surface area contributed by atoms with E-state index in [-0.39, 0.29) is 23.9 Å². The van der Waals surface area contributed by atoms with Gasteiger partial charge < -0.3 is 10.1 Å². The highest BCUT2D eigenvalue weighted by Crippen LogP contribution is 2.36. The van der Waals surface area contributed by atoms with Crippen LogP contribution in [0, 0.1) is 16.7 Å². The average molecular weight is 267 g/mol. The zero-order valence-corrected chi connectivity index (χ0v) is 11.1. The monoisotopic (exact) mass is 266 g/mol. The second-order valence-electron chi connectivity index (χ2n) is 4.88. The molecule has 1 aliphatic rings. The Morgan fingerprint density at radius 2 is 2.22 bits per heavy atom. The van der Waals surface area contributed by atoms with Gasteiger partial charge in [0.2, 0.25) is 0 Å². The van der Waals surface area contributed by atoms with Crippen molar-refractivity contribution in [3.05, 3.63) is 35.4 Å². The number of halogens is 1. The number of nitriles is 1. The predicted octanol–water partition coefficient (Wildman–Crippen LogP) is 2.79. The molecule has 0 spiro atoms. The highest BCUT2D eigenvalue weighted by Gasteiger charge is 2.37. The molecule has 1 heterocycles. The summed E-state index contributed by atoms with van der Waals surface area (Å²) in [5.41, 5.74) is 1.34. The highest BCUT2D eigenvalue weighted by molar-refractivity contribution is 5.85. The number of alkyl carbamates (subject to hydrolysis) is 1. The number of benzene rings is 1. The first-order valence-electron chi connectivity index (χ1n) is 5.46. The van der Waals surface area contributed by atoms with E-state index in [0.29, 0.717) is 12.2 Å². The number of hydrogen-bond donors (Lipinski definition) is 1. The molecule has 0 radical (unpaired) electrons. The number of rotatable bonds is 1. The zero-order valence-electron chi connectivity index (χ0n) is 10.3. The maximum Gasteiger partial charge on any atom is 0.407 e. The van der Waals surface area contributed by atoms with Gasteiger partial charge in [-0.25, -0.2) is 4.79 Å². The molecule has 1 aromatic carbocycles. The van der Waals surface area contributed by atoms with Crippen molar-refractivity contribution < 1.29 is 9.53 Å². The fourth-order valence-electron chi connectivity index (χ4n) is 2.01. The molecule has 0 aliphatic carbocycles. The van der Waals surface area contributed by atoms with E-state index in [1.165, 1.54) is 0 Å². The first kappa shape index (κ1) is 14.3. The summed E-state index contributed by atoms with van der Waals surface area (Å²) in [4.78, 5) is 11.3. The third kappa shape index (κ3) is 2.74. The quantitative estimate of drug-likeness (QED) is 0.850. The molecule has 1 amide bonds. The summed E-state index contributed by atoms with van der Waals surface area (Å²) in [6.07, 6.45) is -0.406. The smallest absolute Gasteiger partial charge is 0.407 e. The van der Waals surface area contributed by atoms with E-state index in [0.717, 1.165) is 5.56 Å². The Balaban J connectivity index is 0.00000162. The minimum Gasteiger partial charge on any atom is -0.449 e. The van der Waals surface area contributed by atoms with Gasteiger partial charge >= 0.3 is 6.09 Å². The third-order valence-electron chi connectivity index (χ3n) is 2.97. The average Bonchev–Trinajstić information content (AvgIpc) is 2.32. The summed E-state index contributed by atoms with van der Waals surface area (Å²) in [5.74, 6) is 0. The van der Waals surface area contributed by atoms with E-state index in [1.807, 2.05) is 26.0 Å². The lowest BCUT2D eigenvalue weighted by molar-refractivity contribution is 0.0387. The standard InChI is InChI=1S/C13H14N2O2.ClH/c1-13(2)8-17-12(16)15-11(13)10-5-3-4-9(6-10)7-14;/h3-6,11H,8H2,1-2H3,(H,15,16);1H/t11-;/m0./s1. The molecule has 0 aromatic heterocycles. The Bertz CT molecular complexity index is 494. The van der Waals surface area contributed by atoms with Gasteiger partial charge in [0.05, 0.1) is 17.7 Å². The van der Waals surface area contributed by atoms with Gasteiger partial charge in [0.15, 0.2) is 0 Å². The molecule has 1 N–H and O–H groups in total. The van der Waals surface area contributed by atoms with Crippen LogP contribution >= 0.6 is 12.4 Å². The van der Waals surface area contributed by atoms with Crippen LogP contribution in [0.2, 0.25) is 0 Å². The molecule has 4 nitrogen and oxygen atoms in total. The molecular formula is C13H15ClN2O2. The molecule has 1 fully saturated rings. The van der Waals surface area contributed by atoms with Crippen molar-refractivity contribution in [1.29, 1.82) is 5.26 Å². The molecule has 18 heavy (non-hydrogen) atoms. The van der Waals surface area contributed by atoms with Crippen LogP contribution in [-0.2, 0) is 4.74 Å². The number of nitrogens with one attached hydrogen (secondary N) is 1. The first-order valence-corrected chi connectivity index (χ1v) is 5.46. The number of nitrogens with zero attached hydrogens (tertiary/aromatic N) is 1. The normalized spacial score (nSPS) is 20.9. The zero-order chi connectivity index (χ0) is 12.5. The summed E-state index contributed by atoms with van der Waals surface area (Å²) in [6, 6.07) is 9.27. The van der Waals surface area contributed by atoms with Gasteiger partial charge in [-0.05, 0) is 17.7 Å². The number of amides is 1. The summed E-state index contributed by atoms with van der Waals surface area (Å²) < 4.78 is 4.99. The summed E-state index contributed by atoms with van der Waals surface area (Å²) >= 11 is 0. The van der Waals surface area contributed by atoms with Crippen LogP contribution in [-0.4, -0.2) is 12.7 Å². The molecule has 0 bridgehead atoms. The Kier molecular flexibility index (Phi) is 4.20. The largest absolute Gasteiger partial charge is 0.449 e. The molecule has 1 atom stereocenters. The number of carbonyl (C=O) groups is 1. The summed E-state index contributed by atoms with van der Waals surface area (Å²) in [5, 5.41) is 11.7.